The Bertz CT molecular complexity index is 633. The van der Waals surface area contributed by atoms with Gasteiger partial charge in [-0.25, -0.2) is 9.97 Å². The molecule has 0 unspecified atom stereocenters. The minimum absolute atomic E-state index is 0.0996. The molecule has 1 aromatic heterocycles. The van der Waals surface area contributed by atoms with Crippen LogP contribution in [0.4, 0.5) is 0 Å². The van der Waals surface area contributed by atoms with Crippen molar-refractivity contribution in [3.8, 4) is 0 Å². The molecule has 1 aliphatic heterocycles. The Morgan fingerprint density at radius 2 is 1.58 bits per heavy atom. The fraction of sp³-hybridized carbons (Fsp3) is 0.684. The van der Waals surface area contributed by atoms with E-state index in [2.05, 4.69) is 9.97 Å². The number of aryl methyl sites for hydroxylation is 2. The molecule has 142 valence electrons. The Kier molecular flexibility index (Phi) is 6.51. The monoisotopic (exact) mass is 376 g/mol. The molecule has 2 heterocycles. The van der Waals surface area contributed by atoms with Crippen LogP contribution in [0.25, 0.3) is 0 Å². The molecule has 2 aliphatic rings. The van der Waals surface area contributed by atoms with Gasteiger partial charge in [0, 0.05) is 43.5 Å². The maximum Gasteiger partial charge on any atom is 0.233 e. The molecule has 0 spiro atoms. The van der Waals surface area contributed by atoms with Gasteiger partial charge in [-0.15, -0.1) is 0 Å². The van der Waals surface area contributed by atoms with Gasteiger partial charge in [-0.1, -0.05) is 31.0 Å². The van der Waals surface area contributed by atoms with E-state index in [1.807, 2.05) is 29.7 Å². The van der Waals surface area contributed by atoms with Crippen molar-refractivity contribution in [1.82, 2.24) is 19.8 Å². The van der Waals surface area contributed by atoms with Gasteiger partial charge < -0.3 is 9.80 Å². The molecule has 0 N–H and O–H groups in total. The molecule has 3 rings (SSSR count). The van der Waals surface area contributed by atoms with Crippen molar-refractivity contribution in [3.63, 3.8) is 0 Å². The molecule has 1 aromatic rings. The first kappa shape index (κ1) is 19.1. The van der Waals surface area contributed by atoms with Gasteiger partial charge in [-0.3, -0.25) is 9.59 Å². The van der Waals surface area contributed by atoms with Gasteiger partial charge in [0.15, 0.2) is 5.16 Å². The summed E-state index contributed by atoms with van der Waals surface area (Å²) in [5.41, 5.74) is 1.84. The molecule has 1 saturated carbocycles. The van der Waals surface area contributed by atoms with E-state index in [0.29, 0.717) is 43.0 Å². The second kappa shape index (κ2) is 8.84. The molecule has 2 amide bonds. The highest BCUT2D eigenvalue weighted by molar-refractivity contribution is 7.99. The van der Waals surface area contributed by atoms with E-state index in [9.17, 15) is 9.59 Å². The number of rotatable bonds is 4. The minimum atomic E-state index is 0.0996. The van der Waals surface area contributed by atoms with E-state index < -0.39 is 0 Å². The zero-order valence-electron chi connectivity index (χ0n) is 15.7. The number of carbonyl (C=O) groups excluding carboxylic acids is 2. The fourth-order valence-electron chi connectivity index (χ4n) is 3.76. The molecule has 0 bridgehead atoms. The highest BCUT2D eigenvalue weighted by Gasteiger charge is 2.29. The number of carbonyl (C=O) groups is 2. The van der Waals surface area contributed by atoms with Crippen molar-refractivity contribution < 1.29 is 9.59 Å². The quantitative estimate of drug-likeness (QED) is 0.596. The summed E-state index contributed by atoms with van der Waals surface area (Å²) in [6.07, 6.45) is 5.67. The van der Waals surface area contributed by atoms with E-state index in [1.54, 1.807) is 0 Å². The number of aromatic nitrogens is 2. The van der Waals surface area contributed by atoms with Crippen LogP contribution in [0, 0.1) is 19.8 Å². The second-order valence-electron chi connectivity index (χ2n) is 7.26. The van der Waals surface area contributed by atoms with Crippen LogP contribution in [0.15, 0.2) is 11.2 Å². The molecule has 7 heteroatoms. The molecule has 6 nitrogen and oxygen atoms in total. The number of hydrogen-bond acceptors (Lipinski definition) is 5. The van der Waals surface area contributed by atoms with Crippen molar-refractivity contribution in [3.05, 3.63) is 17.5 Å². The third kappa shape index (κ3) is 4.96. The van der Waals surface area contributed by atoms with Crippen molar-refractivity contribution in [2.45, 2.75) is 51.1 Å². The van der Waals surface area contributed by atoms with Gasteiger partial charge in [0.2, 0.25) is 11.8 Å². The van der Waals surface area contributed by atoms with E-state index in [-0.39, 0.29) is 11.8 Å². The van der Waals surface area contributed by atoms with Gasteiger partial charge in [0.25, 0.3) is 0 Å². The average molecular weight is 377 g/mol. The van der Waals surface area contributed by atoms with E-state index in [4.69, 9.17) is 0 Å². The van der Waals surface area contributed by atoms with Crippen LogP contribution in [-0.4, -0.2) is 63.5 Å². The number of piperazine rings is 1. The van der Waals surface area contributed by atoms with Gasteiger partial charge in [0.1, 0.15) is 0 Å². The maximum absolute atomic E-state index is 12.6. The standard InChI is InChI=1S/C19H28N4O2S/c1-14-12-15(2)21-19(20-14)26-13-17(24)22-8-10-23(11-9-22)18(25)16-6-4-3-5-7-16/h12,16H,3-11,13H2,1-2H3. The SMILES string of the molecule is Cc1cc(C)nc(SCC(=O)N2CCN(C(=O)C3CCCCC3)CC2)n1. The van der Waals surface area contributed by atoms with Crippen LogP contribution < -0.4 is 0 Å². The molecular weight excluding hydrogens is 348 g/mol. The van der Waals surface area contributed by atoms with E-state index in [1.165, 1.54) is 31.0 Å². The lowest BCUT2D eigenvalue weighted by molar-refractivity contribution is -0.141. The van der Waals surface area contributed by atoms with Crippen LogP contribution >= 0.6 is 11.8 Å². The third-order valence-corrected chi connectivity index (χ3v) is 6.02. The average Bonchev–Trinajstić information content (AvgIpc) is 2.65. The number of nitrogens with zero attached hydrogens (tertiary/aromatic N) is 4. The topological polar surface area (TPSA) is 66.4 Å². The van der Waals surface area contributed by atoms with Crippen LogP contribution in [0.5, 0.6) is 0 Å². The molecule has 26 heavy (non-hydrogen) atoms. The van der Waals surface area contributed by atoms with Crippen LogP contribution in [0.3, 0.4) is 0 Å². The fourth-order valence-corrected chi connectivity index (χ4v) is 4.61. The first-order valence-electron chi connectivity index (χ1n) is 9.54. The summed E-state index contributed by atoms with van der Waals surface area (Å²) in [7, 11) is 0. The van der Waals surface area contributed by atoms with Gasteiger partial charge in [0.05, 0.1) is 5.75 Å². The van der Waals surface area contributed by atoms with E-state index >= 15 is 0 Å². The summed E-state index contributed by atoms with van der Waals surface area (Å²) >= 11 is 1.39. The summed E-state index contributed by atoms with van der Waals surface area (Å²) < 4.78 is 0. The summed E-state index contributed by atoms with van der Waals surface area (Å²) in [6.45, 7) is 6.45. The van der Waals surface area contributed by atoms with Crippen LogP contribution in [-0.2, 0) is 9.59 Å². The van der Waals surface area contributed by atoms with Gasteiger partial charge >= 0.3 is 0 Å². The molecular formula is C19H28N4O2S. The second-order valence-corrected chi connectivity index (χ2v) is 8.21. The highest BCUT2D eigenvalue weighted by atomic mass is 32.2. The third-order valence-electron chi connectivity index (χ3n) is 5.18. The zero-order chi connectivity index (χ0) is 18.5. The lowest BCUT2D eigenvalue weighted by atomic mass is 9.88. The minimum Gasteiger partial charge on any atom is -0.339 e. The molecule has 2 fully saturated rings. The molecule has 0 radical (unpaired) electrons. The molecule has 1 saturated heterocycles. The normalized spacial score (nSPS) is 18.8. The first-order valence-corrected chi connectivity index (χ1v) is 10.5. The molecule has 0 aromatic carbocycles. The largest absolute Gasteiger partial charge is 0.339 e. The lowest BCUT2D eigenvalue weighted by Crippen LogP contribution is -2.52. The Balaban J connectivity index is 1.45. The predicted molar refractivity (Wildman–Crippen MR) is 102 cm³/mol. The molecule has 1 aliphatic carbocycles. The van der Waals surface area contributed by atoms with Crippen LogP contribution in [0.1, 0.15) is 43.5 Å². The van der Waals surface area contributed by atoms with Crippen molar-refractivity contribution in [2.75, 3.05) is 31.9 Å². The van der Waals surface area contributed by atoms with Crippen molar-refractivity contribution in [2.24, 2.45) is 5.92 Å². The molecule has 0 atom stereocenters. The summed E-state index contributed by atoms with van der Waals surface area (Å²) in [6, 6.07) is 1.93. The Hall–Kier alpha value is -1.63. The maximum atomic E-state index is 12.6. The van der Waals surface area contributed by atoms with E-state index in [0.717, 1.165) is 24.2 Å². The Labute approximate surface area is 159 Å². The van der Waals surface area contributed by atoms with Crippen molar-refractivity contribution >= 4 is 23.6 Å². The summed E-state index contributed by atoms with van der Waals surface area (Å²) in [4.78, 5) is 37.6. The highest BCUT2D eigenvalue weighted by Crippen LogP contribution is 2.26. The smallest absolute Gasteiger partial charge is 0.233 e. The number of amides is 2. The number of thioether (sulfide) groups is 1. The lowest BCUT2D eigenvalue weighted by Gasteiger charge is -2.37. The predicted octanol–water partition coefficient (Wildman–Crippen LogP) is 2.44. The zero-order valence-corrected chi connectivity index (χ0v) is 16.6. The van der Waals surface area contributed by atoms with Gasteiger partial charge in [-0.05, 0) is 32.8 Å². The summed E-state index contributed by atoms with van der Waals surface area (Å²) in [5.74, 6) is 0.958. The Morgan fingerprint density at radius 3 is 2.19 bits per heavy atom. The van der Waals surface area contributed by atoms with Crippen LogP contribution in [0.2, 0.25) is 0 Å². The number of hydrogen-bond donors (Lipinski definition) is 0. The van der Waals surface area contributed by atoms with Crippen molar-refractivity contribution in [1.29, 1.82) is 0 Å². The Morgan fingerprint density at radius 1 is 1.00 bits per heavy atom. The summed E-state index contributed by atoms with van der Waals surface area (Å²) in [5, 5.41) is 0.655. The van der Waals surface area contributed by atoms with Gasteiger partial charge in [-0.2, -0.15) is 0 Å². The first-order chi connectivity index (χ1) is 12.5.